The third-order valence-corrected chi connectivity index (χ3v) is 5.63. The molecule has 0 bridgehead atoms. The zero-order valence-electron chi connectivity index (χ0n) is 16.0. The van der Waals surface area contributed by atoms with Crippen molar-refractivity contribution in [3.63, 3.8) is 0 Å². The van der Waals surface area contributed by atoms with Crippen LogP contribution in [0.15, 0.2) is 47.3 Å². The van der Waals surface area contributed by atoms with E-state index in [1.54, 1.807) is 23.2 Å². The van der Waals surface area contributed by atoms with Gasteiger partial charge in [0.15, 0.2) is 0 Å². The summed E-state index contributed by atoms with van der Waals surface area (Å²) in [5.74, 6) is -1.32. The molecule has 0 spiro atoms. The number of para-hydroxylation sites is 1. The zero-order chi connectivity index (χ0) is 21.3. The standard InChI is InChI=1S/C20H20BrN5O4/c21-13-9-22-20(23-10-13)25-7-5-24(6-8-25)18(19(29)30)15-11-26(12-17(27)28)16-4-2-1-3-14(15)16/h1-4,9-11,18H,5-8,12H2,(H,27,28)(H,29,30)/t18-/m0/s1. The van der Waals surface area contributed by atoms with Crippen LogP contribution in [0.25, 0.3) is 10.9 Å². The van der Waals surface area contributed by atoms with Crippen molar-refractivity contribution in [2.24, 2.45) is 0 Å². The van der Waals surface area contributed by atoms with E-state index in [9.17, 15) is 19.8 Å². The first-order chi connectivity index (χ1) is 14.4. The molecule has 0 amide bonds. The Kier molecular flexibility index (Phi) is 5.69. The predicted molar refractivity (Wildman–Crippen MR) is 113 cm³/mol. The summed E-state index contributed by atoms with van der Waals surface area (Å²) in [6, 6.07) is 6.43. The SMILES string of the molecule is O=C(O)Cn1cc([C@@H](C(=O)O)N2CCN(c3ncc(Br)cn3)CC2)c2ccccc21. The molecule has 0 saturated carbocycles. The number of fused-ring (bicyclic) bond motifs is 1. The minimum atomic E-state index is -0.975. The van der Waals surface area contributed by atoms with Gasteiger partial charge in [-0.25, -0.2) is 9.97 Å². The minimum Gasteiger partial charge on any atom is -0.480 e. The first kappa shape index (κ1) is 20.3. The van der Waals surface area contributed by atoms with Gasteiger partial charge in [-0.3, -0.25) is 14.5 Å². The van der Waals surface area contributed by atoms with Gasteiger partial charge in [-0.2, -0.15) is 0 Å². The van der Waals surface area contributed by atoms with Crippen LogP contribution in [0.4, 0.5) is 5.95 Å². The van der Waals surface area contributed by atoms with E-state index < -0.39 is 18.0 Å². The van der Waals surface area contributed by atoms with Crippen molar-refractivity contribution < 1.29 is 19.8 Å². The van der Waals surface area contributed by atoms with E-state index in [0.717, 1.165) is 9.86 Å². The second kappa shape index (κ2) is 8.41. The third kappa shape index (κ3) is 4.01. The zero-order valence-corrected chi connectivity index (χ0v) is 17.6. The molecule has 156 valence electrons. The van der Waals surface area contributed by atoms with E-state index in [2.05, 4.69) is 25.9 Å². The fraction of sp³-hybridized carbons (Fsp3) is 0.300. The van der Waals surface area contributed by atoms with Crippen molar-refractivity contribution in [3.8, 4) is 0 Å². The number of carbonyl (C=O) groups is 2. The molecule has 10 heteroatoms. The van der Waals surface area contributed by atoms with Crippen LogP contribution in [0.3, 0.4) is 0 Å². The highest BCUT2D eigenvalue weighted by atomic mass is 79.9. The summed E-state index contributed by atoms with van der Waals surface area (Å²) in [5, 5.41) is 20.0. The topological polar surface area (TPSA) is 112 Å². The first-order valence-electron chi connectivity index (χ1n) is 9.43. The highest BCUT2D eigenvalue weighted by molar-refractivity contribution is 9.10. The number of benzene rings is 1. The number of nitrogens with zero attached hydrogens (tertiary/aromatic N) is 5. The molecule has 0 unspecified atom stereocenters. The maximum absolute atomic E-state index is 12.3. The number of rotatable bonds is 6. The van der Waals surface area contributed by atoms with Crippen LogP contribution in [-0.4, -0.2) is 67.8 Å². The molecule has 0 radical (unpaired) electrons. The second-order valence-corrected chi connectivity index (χ2v) is 8.00. The number of hydrogen-bond donors (Lipinski definition) is 2. The second-order valence-electron chi connectivity index (χ2n) is 7.09. The summed E-state index contributed by atoms with van der Waals surface area (Å²) < 4.78 is 2.39. The van der Waals surface area contributed by atoms with Gasteiger partial charge in [0.1, 0.15) is 12.6 Å². The Morgan fingerprint density at radius 1 is 1.07 bits per heavy atom. The first-order valence-corrected chi connectivity index (χ1v) is 10.2. The summed E-state index contributed by atoms with van der Waals surface area (Å²) in [5.41, 5.74) is 1.32. The largest absolute Gasteiger partial charge is 0.480 e. The molecular formula is C20H20BrN5O4. The van der Waals surface area contributed by atoms with Gasteiger partial charge in [0.25, 0.3) is 0 Å². The van der Waals surface area contributed by atoms with Gasteiger partial charge >= 0.3 is 11.9 Å². The molecular weight excluding hydrogens is 454 g/mol. The van der Waals surface area contributed by atoms with Crippen molar-refractivity contribution in [2.75, 3.05) is 31.1 Å². The fourth-order valence-electron chi connectivity index (χ4n) is 3.90. The van der Waals surface area contributed by atoms with Crippen LogP contribution in [0.5, 0.6) is 0 Å². The third-order valence-electron chi connectivity index (χ3n) is 5.22. The number of piperazine rings is 1. The lowest BCUT2D eigenvalue weighted by Crippen LogP contribution is -2.49. The van der Waals surface area contributed by atoms with Gasteiger partial charge in [0, 0.05) is 61.2 Å². The van der Waals surface area contributed by atoms with Crippen molar-refractivity contribution in [1.29, 1.82) is 0 Å². The molecule has 3 aromatic rings. The van der Waals surface area contributed by atoms with Gasteiger partial charge in [0.2, 0.25) is 5.95 Å². The molecule has 1 atom stereocenters. The van der Waals surface area contributed by atoms with E-state index in [-0.39, 0.29) is 6.54 Å². The number of anilines is 1. The van der Waals surface area contributed by atoms with E-state index in [0.29, 0.717) is 43.2 Å². The lowest BCUT2D eigenvalue weighted by atomic mass is 10.0. The molecule has 4 rings (SSSR count). The van der Waals surface area contributed by atoms with E-state index in [1.807, 2.05) is 34.1 Å². The summed E-state index contributed by atoms with van der Waals surface area (Å²) in [6.07, 6.45) is 5.03. The smallest absolute Gasteiger partial charge is 0.325 e. The highest BCUT2D eigenvalue weighted by Gasteiger charge is 2.33. The Morgan fingerprint density at radius 3 is 2.37 bits per heavy atom. The predicted octanol–water partition coefficient (Wildman–Crippen LogP) is 2.23. The van der Waals surface area contributed by atoms with Crippen LogP contribution in [0, 0.1) is 0 Å². The average Bonchev–Trinajstić information content (AvgIpc) is 3.07. The summed E-state index contributed by atoms with van der Waals surface area (Å²) in [7, 11) is 0. The normalized spacial score (nSPS) is 16.0. The minimum absolute atomic E-state index is 0.221. The lowest BCUT2D eigenvalue weighted by Gasteiger charge is -2.37. The van der Waals surface area contributed by atoms with Crippen LogP contribution in [0.2, 0.25) is 0 Å². The molecule has 1 fully saturated rings. The molecule has 1 aromatic carbocycles. The molecule has 9 nitrogen and oxygen atoms in total. The van der Waals surface area contributed by atoms with Gasteiger partial charge in [-0.1, -0.05) is 18.2 Å². The monoisotopic (exact) mass is 473 g/mol. The highest BCUT2D eigenvalue weighted by Crippen LogP contribution is 2.31. The van der Waals surface area contributed by atoms with E-state index in [1.165, 1.54) is 0 Å². The molecule has 1 aliphatic heterocycles. The summed E-state index contributed by atoms with van der Waals surface area (Å²) in [6.45, 7) is 2.02. The molecule has 2 aromatic heterocycles. The van der Waals surface area contributed by atoms with Gasteiger partial charge in [0.05, 0.1) is 4.47 Å². The Hall–Kier alpha value is -2.98. The van der Waals surface area contributed by atoms with E-state index in [4.69, 9.17) is 0 Å². The lowest BCUT2D eigenvalue weighted by molar-refractivity contribution is -0.143. The Bertz CT molecular complexity index is 1080. The molecule has 1 saturated heterocycles. The van der Waals surface area contributed by atoms with Crippen molar-refractivity contribution in [1.82, 2.24) is 19.4 Å². The number of carboxylic acid groups (broad SMARTS) is 2. The molecule has 2 N–H and O–H groups in total. The van der Waals surface area contributed by atoms with Crippen LogP contribution in [0.1, 0.15) is 11.6 Å². The maximum Gasteiger partial charge on any atom is 0.325 e. The van der Waals surface area contributed by atoms with Crippen LogP contribution < -0.4 is 4.90 Å². The van der Waals surface area contributed by atoms with E-state index >= 15 is 0 Å². The Labute approximate surface area is 180 Å². The number of hydrogen-bond acceptors (Lipinski definition) is 6. The number of aliphatic carboxylic acids is 2. The molecule has 30 heavy (non-hydrogen) atoms. The summed E-state index contributed by atoms with van der Waals surface area (Å²) in [4.78, 5) is 36.1. The molecule has 3 heterocycles. The fourth-order valence-corrected chi connectivity index (χ4v) is 4.11. The summed E-state index contributed by atoms with van der Waals surface area (Å²) >= 11 is 3.32. The molecule has 0 aliphatic carbocycles. The average molecular weight is 474 g/mol. The Balaban J connectivity index is 1.60. The van der Waals surface area contributed by atoms with Crippen molar-refractivity contribution in [3.05, 3.63) is 52.9 Å². The van der Waals surface area contributed by atoms with Crippen molar-refractivity contribution in [2.45, 2.75) is 12.6 Å². The van der Waals surface area contributed by atoms with Crippen molar-refractivity contribution >= 4 is 44.7 Å². The number of halogens is 1. The van der Waals surface area contributed by atoms with Crippen LogP contribution in [-0.2, 0) is 16.1 Å². The van der Waals surface area contributed by atoms with Gasteiger partial charge in [-0.05, 0) is 22.0 Å². The maximum atomic E-state index is 12.3. The number of aromatic nitrogens is 3. The van der Waals surface area contributed by atoms with Crippen LogP contribution >= 0.6 is 15.9 Å². The van der Waals surface area contributed by atoms with Gasteiger partial charge in [-0.15, -0.1) is 0 Å². The Morgan fingerprint density at radius 2 is 1.73 bits per heavy atom. The quantitative estimate of drug-likeness (QED) is 0.560. The molecule has 1 aliphatic rings. The number of carboxylic acids is 2. The van der Waals surface area contributed by atoms with Gasteiger partial charge < -0.3 is 19.7 Å².